The molecule has 2 aromatic carbocycles. The van der Waals surface area contributed by atoms with Gasteiger partial charge in [-0.1, -0.05) is 53.7 Å². The number of methoxy groups -OCH3 is 1. The Hall–Kier alpha value is -5.04. The smallest absolute Gasteiger partial charge is 0.328 e. The summed E-state index contributed by atoms with van der Waals surface area (Å²) in [5.74, 6) is -2.50. The van der Waals surface area contributed by atoms with Crippen LogP contribution in [0.15, 0.2) is 67.0 Å². The Morgan fingerprint density at radius 2 is 1.82 bits per heavy atom. The molecule has 0 fully saturated rings. The number of carbonyl (C=O) groups excluding carboxylic acids is 4. The monoisotopic (exact) mass is 603 g/mol. The second-order valence-corrected chi connectivity index (χ2v) is 10.5. The van der Waals surface area contributed by atoms with E-state index in [2.05, 4.69) is 25.9 Å². The van der Waals surface area contributed by atoms with E-state index in [0.717, 1.165) is 28.5 Å². The van der Waals surface area contributed by atoms with Crippen LogP contribution in [0.3, 0.4) is 0 Å². The molecule has 0 spiro atoms. The lowest BCUT2D eigenvalue weighted by Crippen LogP contribution is -2.43. The van der Waals surface area contributed by atoms with Crippen LogP contribution >= 0.6 is 0 Å². The third-order valence-electron chi connectivity index (χ3n) is 7.31. The largest absolute Gasteiger partial charge is 0.467 e. The van der Waals surface area contributed by atoms with Gasteiger partial charge in [0, 0.05) is 42.3 Å². The predicted molar refractivity (Wildman–Crippen MR) is 160 cm³/mol. The van der Waals surface area contributed by atoms with E-state index in [1.807, 2.05) is 60.8 Å². The fourth-order valence-corrected chi connectivity index (χ4v) is 4.98. The molecule has 5 N–H and O–H groups in total. The average Bonchev–Trinajstić information content (AvgIpc) is 3.68. The third kappa shape index (κ3) is 9.23. The Balaban J connectivity index is 1.25. The summed E-state index contributed by atoms with van der Waals surface area (Å²) >= 11 is 0. The molecule has 2 aromatic heterocycles. The van der Waals surface area contributed by atoms with Gasteiger partial charge in [-0.2, -0.15) is 0 Å². The second kappa shape index (κ2) is 16.0. The predicted octanol–water partition coefficient (Wildman–Crippen LogP) is 2.20. The van der Waals surface area contributed by atoms with Crippen LogP contribution in [0.1, 0.15) is 42.5 Å². The molecular weight excluding hydrogens is 566 g/mol. The van der Waals surface area contributed by atoms with E-state index in [1.165, 1.54) is 11.8 Å². The zero-order valence-corrected chi connectivity index (χ0v) is 24.5. The van der Waals surface area contributed by atoms with Gasteiger partial charge in [-0.25, -0.2) is 10.3 Å². The zero-order chi connectivity index (χ0) is 31.3. The van der Waals surface area contributed by atoms with Crippen molar-refractivity contribution in [2.45, 2.75) is 57.7 Å². The highest BCUT2D eigenvalue weighted by Crippen LogP contribution is 2.19. The maximum atomic E-state index is 12.9. The molecule has 0 bridgehead atoms. The lowest BCUT2D eigenvalue weighted by atomic mass is 9.95. The number of hydroxylamine groups is 1. The highest BCUT2D eigenvalue weighted by molar-refractivity contribution is 5.87. The Kier molecular flexibility index (Phi) is 11.6. The van der Waals surface area contributed by atoms with Gasteiger partial charge in [-0.05, 0) is 36.5 Å². The fraction of sp³-hybridized carbons (Fsp3) is 0.355. The van der Waals surface area contributed by atoms with E-state index in [0.29, 0.717) is 18.5 Å². The number of amides is 3. The molecule has 0 aliphatic heterocycles. The quantitative estimate of drug-likeness (QED) is 0.0734. The number of aromatic nitrogens is 4. The van der Waals surface area contributed by atoms with E-state index >= 15 is 0 Å². The maximum absolute atomic E-state index is 12.9. The number of para-hydroxylation sites is 1. The first-order valence-corrected chi connectivity index (χ1v) is 14.4. The third-order valence-corrected chi connectivity index (χ3v) is 7.31. The number of H-pyrrole nitrogens is 1. The normalized spacial score (nSPS) is 12.3. The number of ether oxygens (including phenoxy) is 1. The van der Waals surface area contributed by atoms with E-state index in [4.69, 9.17) is 9.94 Å². The lowest BCUT2D eigenvalue weighted by molar-refractivity contribution is -0.145. The van der Waals surface area contributed by atoms with Crippen LogP contribution in [0.4, 0.5) is 0 Å². The average molecular weight is 604 g/mol. The van der Waals surface area contributed by atoms with E-state index < -0.39 is 23.8 Å². The molecule has 4 rings (SSSR count). The molecule has 1 unspecified atom stereocenters. The summed E-state index contributed by atoms with van der Waals surface area (Å²) in [6.07, 6.45) is 5.50. The van der Waals surface area contributed by atoms with Crippen LogP contribution < -0.4 is 16.1 Å². The van der Waals surface area contributed by atoms with Crippen molar-refractivity contribution in [3.05, 3.63) is 83.8 Å². The molecule has 0 aliphatic carbocycles. The maximum Gasteiger partial charge on any atom is 0.328 e. The van der Waals surface area contributed by atoms with Crippen LogP contribution in [0.2, 0.25) is 0 Å². The number of benzene rings is 2. The number of carbonyl (C=O) groups is 4. The van der Waals surface area contributed by atoms with Gasteiger partial charge in [0.15, 0.2) is 0 Å². The van der Waals surface area contributed by atoms with E-state index in [1.54, 1.807) is 11.7 Å². The van der Waals surface area contributed by atoms with Crippen molar-refractivity contribution >= 4 is 34.6 Å². The number of fused-ring (bicyclic) bond motifs is 1. The van der Waals surface area contributed by atoms with Crippen molar-refractivity contribution < 1.29 is 29.1 Å². The summed E-state index contributed by atoms with van der Waals surface area (Å²) in [5, 5.41) is 23.5. The first-order chi connectivity index (χ1) is 21.4. The van der Waals surface area contributed by atoms with Crippen molar-refractivity contribution in [1.82, 2.24) is 36.1 Å². The van der Waals surface area contributed by atoms with Crippen molar-refractivity contribution in [3.63, 3.8) is 0 Å². The highest BCUT2D eigenvalue weighted by atomic mass is 16.5. The molecule has 4 aromatic rings. The minimum absolute atomic E-state index is 0.0380. The summed E-state index contributed by atoms with van der Waals surface area (Å²) in [6.45, 7) is 0.280. The Morgan fingerprint density at radius 1 is 1.05 bits per heavy atom. The molecule has 2 atom stereocenters. The van der Waals surface area contributed by atoms with Crippen LogP contribution in [0, 0.1) is 5.92 Å². The molecule has 0 radical (unpaired) electrons. The summed E-state index contributed by atoms with van der Waals surface area (Å²) in [7, 11) is 1.28. The number of hydrogen-bond acceptors (Lipinski definition) is 8. The molecule has 2 heterocycles. The van der Waals surface area contributed by atoms with Gasteiger partial charge in [0.2, 0.25) is 17.7 Å². The summed E-state index contributed by atoms with van der Waals surface area (Å²) in [4.78, 5) is 53.0. The number of aryl methyl sites for hydroxylation is 2. The summed E-state index contributed by atoms with van der Waals surface area (Å²) in [5.41, 5.74) is 5.02. The van der Waals surface area contributed by atoms with Gasteiger partial charge < -0.3 is 20.4 Å². The number of esters is 1. The number of hydrogen-bond donors (Lipinski definition) is 5. The first-order valence-electron chi connectivity index (χ1n) is 14.4. The van der Waals surface area contributed by atoms with Crippen LogP contribution in [0.5, 0.6) is 0 Å². The van der Waals surface area contributed by atoms with Crippen molar-refractivity contribution in [2.24, 2.45) is 5.92 Å². The van der Waals surface area contributed by atoms with Crippen molar-refractivity contribution in [2.75, 3.05) is 7.11 Å². The molecule has 0 saturated heterocycles. The molecule has 13 heteroatoms. The molecule has 0 saturated carbocycles. The number of nitrogens with one attached hydrogen (secondary N) is 4. The zero-order valence-electron chi connectivity index (χ0n) is 24.5. The lowest BCUT2D eigenvalue weighted by Gasteiger charge is -2.16. The molecule has 0 aliphatic rings. The standard InChI is InChI=1S/C31H37N7O6/c1-44-31(42)27(16-23-18-32-26-13-6-5-12-25(23)26)34-28(39)14-15-38-20-24(35-37-38)19-33-30(41)22(17-29(40)36-43)11-7-10-21-8-3-2-4-9-21/h2-6,8-9,12-13,18,20,22,27,32,43H,7,10-11,14-17,19H2,1H3,(H,33,41)(H,34,39)(H,36,40)/t22?,27-/m0/s1. The minimum Gasteiger partial charge on any atom is -0.467 e. The van der Waals surface area contributed by atoms with Crippen LogP contribution in [-0.4, -0.2) is 62.0 Å². The van der Waals surface area contributed by atoms with Crippen LogP contribution in [0.25, 0.3) is 10.9 Å². The van der Waals surface area contributed by atoms with Gasteiger partial charge in [-0.3, -0.25) is 24.3 Å². The van der Waals surface area contributed by atoms with Gasteiger partial charge in [0.1, 0.15) is 11.7 Å². The Labute approximate surface area is 254 Å². The number of nitrogens with zero attached hydrogens (tertiary/aromatic N) is 3. The molecule has 13 nitrogen and oxygen atoms in total. The van der Waals surface area contributed by atoms with Gasteiger partial charge >= 0.3 is 5.97 Å². The summed E-state index contributed by atoms with van der Waals surface area (Å²) in [6, 6.07) is 16.7. The van der Waals surface area contributed by atoms with Gasteiger partial charge in [-0.15, -0.1) is 5.10 Å². The van der Waals surface area contributed by atoms with Gasteiger partial charge in [0.25, 0.3) is 0 Å². The first kappa shape index (κ1) is 31.9. The topological polar surface area (TPSA) is 180 Å². The highest BCUT2D eigenvalue weighted by Gasteiger charge is 2.24. The van der Waals surface area contributed by atoms with E-state index in [9.17, 15) is 19.2 Å². The number of aromatic amines is 1. The SMILES string of the molecule is COC(=O)[C@H](Cc1c[nH]c2ccccc12)NC(=O)CCn1cc(CNC(=O)C(CCCc2ccccc2)CC(=O)NO)nn1. The molecule has 3 amide bonds. The summed E-state index contributed by atoms with van der Waals surface area (Å²) < 4.78 is 6.39. The minimum atomic E-state index is -0.859. The fourth-order valence-electron chi connectivity index (χ4n) is 4.98. The molecule has 232 valence electrons. The molecule has 44 heavy (non-hydrogen) atoms. The Morgan fingerprint density at radius 3 is 2.59 bits per heavy atom. The number of rotatable bonds is 16. The Bertz CT molecular complexity index is 1550. The van der Waals surface area contributed by atoms with E-state index in [-0.39, 0.29) is 44.2 Å². The van der Waals surface area contributed by atoms with Gasteiger partial charge in [0.05, 0.1) is 26.4 Å². The molecular formula is C31H37N7O6. The second-order valence-electron chi connectivity index (χ2n) is 10.5. The van der Waals surface area contributed by atoms with Crippen LogP contribution in [-0.2, 0) is 49.8 Å². The van der Waals surface area contributed by atoms with Crippen molar-refractivity contribution in [3.8, 4) is 0 Å². The van der Waals surface area contributed by atoms with Crippen molar-refractivity contribution in [1.29, 1.82) is 0 Å².